The van der Waals surface area contributed by atoms with Gasteiger partial charge >= 0.3 is 0 Å². The Morgan fingerprint density at radius 3 is 2.55 bits per heavy atom. The fourth-order valence-corrected chi connectivity index (χ4v) is 6.09. The van der Waals surface area contributed by atoms with Gasteiger partial charge in [-0.05, 0) is 42.8 Å². The average molecular weight is 323 g/mol. The number of aliphatic hydroxyl groups excluding tert-OH is 1. The van der Waals surface area contributed by atoms with Crippen molar-refractivity contribution in [3.05, 3.63) is 12.2 Å². The van der Waals surface area contributed by atoms with Crippen molar-refractivity contribution in [1.29, 1.82) is 0 Å². The van der Waals surface area contributed by atoms with Gasteiger partial charge in [0.05, 0.1) is 23.5 Å². The first-order chi connectivity index (χ1) is 10.0. The molecule has 3 rings (SSSR count). The van der Waals surface area contributed by atoms with Crippen molar-refractivity contribution in [3.63, 3.8) is 0 Å². The Morgan fingerprint density at radius 1 is 1.32 bits per heavy atom. The molecule has 3 aliphatic rings. The van der Waals surface area contributed by atoms with Crippen LogP contribution in [-0.4, -0.2) is 31.4 Å². The summed E-state index contributed by atoms with van der Waals surface area (Å²) in [5, 5.41) is 10.3. The summed E-state index contributed by atoms with van der Waals surface area (Å²) in [6, 6.07) is 0. The van der Waals surface area contributed by atoms with Gasteiger partial charge in [-0.3, -0.25) is 4.79 Å². The molecule has 0 unspecified atom stereocenters. The fraction of sp³-hybridized carbons (Fsp3) is 0.833. The minimum Gasteiger partial charge on any atom is -0.413 e. The molecule has 4 heteroatoms. The lowest BCUT2D eigenvalue weighted by molar-refractivity contribution is -0.134. The Labute approximate surface area is 135 Å². The van der Waals surface area contributed by atoms with Gasteiger partial charge in [0.2, 0.25) is 0 Å². The largest absolute Gasteiger partial charge is 0.413 e. The van der Waals surface area contributed by atoms with E-state index in [0.717, 1.165) is 12.8 Å². The minimum atomic E-state index is -1.91. The van der Waals surface area contributed by atoms with Gasteiger partial charge in [0.1, 0.15) is 0 Å². The summed E-state index contributed by atoms with van der Waals surface area (Å²) < 4.78 is 6.69. The highest BCUT2D eigenvalue weighted by atomic mass is 28.4. The van der Waals surface area contributed by atoms with Crippen LogP contribution in [-0.2, 0) is 9.22 Å². The van der Waals surface area contributed by atoms with Gasteiger partial charge in [-0.25, -0.2) is 0 Å². The van der Waals surface area contributed by atoms with Crippen LogP contribution in [0, 0.1) is 23.2 Å². The van der Waals surface area contributed by atoms with Crippen LogP contribution in [0.5, 0.6) is 0 Å². The quantitative estimate of drug-likeness (QED) is 0.625. The maximum absolute atomic E-state index is 13.1. The summed E-state index contributed by atoms with van der Waals surface area (Å²) in [6.07, 6.45) is 5.28. The Kier molecular flexibility index (Phi) is 3.56. The lowest BCUT2D eigenvalue weighted by Crippen LogP contribution is -2.51. The topological polar surface area (TPSA) is 46.5 Å². The van der Waals surface area contributed by atoms with Crippen molar-refractivity contribution in [1.82, 2.24) is 0 Å². The van der Waals surface area contributed by atoms with E-state index >= 15 is 0 Å². The summed E-state index contributed by atoms with van der Waals surface area (Å²) in [5.74, 6) is 0.612. The maximum Gasteiger partial charge on any atom is 0.192 e. The van der Waals surface area contributed by atoms with E-state index in [1.807, 2.05) is 12.2 Å². The molecule has 0 aromatic rings. The second-order valence-corrected chi connectivity index (χ2v) is 13.8. The molecule has 0 aromatic carbocycles. The van der Waals surface area contributed by atoms with Crippen LogP contribution < -0.4 is 0 Å². The van der Waals surface area contributed by atoms with E-state index in [2.05, 4.69) is 40.8 Å². The van der Waals surface area contributed by atoms with Crippen molar-refractivity contribution < 1.29 is 14.3 Å². The molecule has 2 bridgehead atoms. The predicted octanol–water partition coefficient (Wildman–Crippen LogP) is 3.54. The van der Waals surface area contributed by atoms with Crippen LogP contribution in [0.2, 0.25) is 18.1 Å². The zero-order valence-corrected chi connectivity index (χ0v) is 15.7. The molecule has 1 spiro atoms. The van der Waals surface area contributed by atoms with Gasteiger partial charge in [-0.1, -0.05) is 39.8 Å². The molecule has 0 aliphatic heterocycles. The third kappa shape index (κ3) is 1.96. The number of rotatable bonds is 2. The smallest absolute Gasteiger partial charge is 0.192 e. The lowest BCUT2D eigenvalue weighted by atomic mass is 9.74. The Balaban J connectivity index is 1.96. The molecule has 0 aromatic heterocycles. The molecule has 0 amide bonds. The molecule has 1 N–H and O–H groups in total. The van der Waals surface area contributed by atoms with Crippen LogP contribution in [0.25, 0.3) is 0 Å². The van der Waals surface area contributed by atoms with Crippen molar-refractivity contribution in [2.75, 3.05) is 0 Å². The predicted molar refractivity (Wildman–Crippen MR) is 90.0 cm³/mol. The number of carbonyl (C=O) groups excluding carboxylic acids is 1. The minimum absolute atomic E-state index is 0.00194. The molecule has 2 saturated carbocycles. The zero-order chi connectivity index (χ0) is 16.5. The highest BCUT2D eigenvalue weighted by Gasteiger charge is 2.67. The van der Waals surface area contributed by atoms with Crippen LogP contribution in [0.15, 0.2) is 12.2 Å². The monoisotopic (exact) mass is 322 g/mol. The number of aliphatic hydroxyl groups is 1. The molecule has 2 fully saturated rings. The Morgan fingerprint density at radius 2 is 1.95 bits per heavy atom. The molecule has 0 heterocycles. The van der Waals surface area contributed by atoms with E-state index in [9.17, 15) is 9.90 Å². The third-order valence-corrected chi connectivity index (χ3v) is 11.5. The van der Waals surface area contributed by atoms with Crippen molar-refractivity contribution in [2.45, 2.75) is 70.9 Å². The first-order valence-corrected chi connectivity index (χ1v) is 11.5. The fourth-order valence-electron chi connectivity index (χ4n) is 4.71. The molecular formula is C18H30O3Si. The van der Waals surface area contributed by atoms with Crippen molar-refractivity contribution in [3.8, 4) is 0 Å². The molecule has 3 aliphatic carbocycles. The number of hydrogen-bond acceptors (Lipinski definition) is 3. The van der Waals surface area contributed by atoms with E-state index in [1.54, 1.807) is 0 Å². The SMILES string of the molecule is C[C@H]1[C@H]2C(=O)[C@@]3(C=C[C@@H]2O)[C@H](O[Si](C)(C)C(C)(C)C)CC[C@@H]13. The Hall–Kier alpha value is -0.453. The Bertz CT molecular complexity index is 519. The first kappa shape index (κ1) is 16.4. The van der Waals surface area contributed by atoms with Crippen LogP contribution in [0.4, 0.5) is 0 Å². The van der Waals surface area contributed by atoms with Crippen LogP contribution in [0.1, 0.15) is 40.5 Å². The van der Waals surface area contributed by atoms with E-state index < -0.39 is 19.8 Å². The summed E-state index contributed by atoms with van der Waals surface area (Å²) in [6.45, 7) is 13.4. The van der Waals surface area contributed by atoms with E-state index in [-0.39, 0.29) is 28.8 Å². The summed E-state index contributed by atoms with van der Waals surface area (Å²) in [5.41, 5.74) is -0.459. The second kappa shape index (κ2) is 4.78. The summed E-state index contributed by atoms with van der Waals surface area (Å²) in [4.78, 5) is 13.1. The summed E-state index contributed by atoms with van der Waals surface area (Å²) >= 11 is 0. The second-order valence-electron chi connectivity index (χ2n) is 9.08. The van der Waals surface area contributed by atoms with Crippen LogP contribution in [0.3, 0.4) is 0 Å². The number of Topliss-reactive ketones (excluding diaryl/α,β-unsaturated/α-hetero) is 1. The number of ketones is 1. The lowest BCUT2D eigenvalue weighted by Gasteiger charge is -2.43. The molecule has 22 heavy (non-hydrogen) atoms. The van der Waals surface area contributed by atoms with E-state index in [1.165, 1.54) is 0 Å². The molecule has 0 radical (unpaired) electrons. The maximum atomic E-state index is 13.1. The normalized spacial score (nSPS) is 44.5. The standard InChI is InChI=1S/C18H30O3Si/c1-11-12-7-8-14(21-22(5,6)17(2,3)4)18(12)10-9-13(19)15(11)16(18)20/h9-15,19H,7-8H2,1-6H3/t11-,12+,13+,14-,15-,18-/m1/s1. The first-order valence-electron chi connectivity index (χ1n) is 8.62. The average Bonchev–Trinajstić information content (AvgIpc) is 2.78. The van der Waals surface area contributed by atoms with Crippen molar-refractivity contribution >= 4 is 14.1 Å². The molecule has 0 saturated heterocycles. The number of carbonyl (C=O) groups is 1. The van der Waals surface area contributed by atoms with Crippen LogP contribution >= 0.6 is 0 Å². The van der Waals surface area contributed by atoms with Gasteiger partial charge in [0, 0.05) is 0 Å². The van der Waals surface area contributed by atoms with Gasteiger partial charge < -0.3 is 9.53 Å². The van der Waals surface area contributed by atoms with E-state index in [0.29, 0.717) is 5.92 Å². The number of hydrogen-bond donors (Lipinski definition) is 1. The van der Waals surface area contributed by atoms with Crippen molar-refractivity contribution in [2.24, 2.45) is 23.2 Å². The van der Waals surface area contributed by atoms with Gasteiger partial charge in [0.15, 0.2) is 14.1 Å². The molecule has 6 atom stereocenters. The molecule has 3 nitrogen and oxygen atoms in total. The third-order valence-electron chi connectivity index (χ3n) is 7.00. The highest BCUT2D eigenvalue weighted by molar-refractivity contribution is 6.74. The van der Waals surface area contributed by atoms with Gasteiger partial charge in [-0.15, -0.1) is 0 Å². The zero-order valence-electron chi connectivity index (χ0n) is 14.7. The van der Waals surface area contributed by atoms with Gasteiger partial charge in [0.25, 0.3) is 0 Å². The molecular weight excluding hydrogens is 292 g/mol. The van der Waals surface area contributed by atoms with Gasteiger partial charge in [-0.2, -0.15) is 0 Å². The molecule has 124 valence electrons. The summed E-state index contributed by atoms with van der Waals surface area (Å²) in [7, 11) is -1.91. The highest BCUT2D eigenvalue weighted by Crippen LogP contribution is 2.62. The van der Waals surface area contributed by atoms with E-state index in [4.69, 9.17) is 4.43 Å². The number of fused-ring (bicyclic) bond motifs is 1.